The first kappa shape index (κ1) is 45.3. The summed E-state index contributed by atoms with van der Waals surface area (Å²) < 4.78 is 6.30. The van der Waals surface area contributed by atoms with Gasteiger partial charge in [0, 0.05) is 48.5 Å². The van der Waals surface area contributed by atoms with Gasteiger partial charge in [-0.15, -0.1) is 0 Å². The zero-order valence-electron chi connectivity index (χ0n) is 37.7. The van der Waals surface area contributed by atoms with Crippen LogP contribution in [0.4, 0.5) is 0 Å². The molecule has 0 bridgehead atoms. The van der Waals surface area contributed by atoms with E-state index in [2.05, 4.69) is 84.5 Å². The van der Waals surface area contributed by atoms with Crippen LogP contribution < -0.4 is 0 Å². The van der Waals surface area contributed by atoms with Crippen molar-refractivity contribution in [2.45, 2.75) is 152 Å². The van der Waals surface area contributed by atoms with Crippen molar-refractivity contribution < 1.29 is 29.3 Å². The van der Waals surface area contributed by atoms with Crippen molar-refractivity contribution in [2.75, 3.05) is 33.7 Å². The third-order valence-corrected chi connectivity index (χ3v) is 17.5. The van der Waals surface area contributed by atoms with Gasteiger partial charge in [-0.2, -0.15) is 0 Å². The third kappa shape index (κ3) is 7.99. The monoisotopic (exact) mass is 823 g/mol. The Morgan fingerprint density at radius 3 is 2.19 bits per heavy atom. The summed E-state index contributed by atoms with van der Waals surface area (Å²) in [6.07, 6.45) is 7.47. The summed E-state index contributed by atoms with van der Waals surface area (Å²) in [5, 5.41) is 22.8. The van der Waals surface area contributed by atoms with Gasteiger partial charge >= 0.3 is 11.9 Å². The van der Waals surface area contributed by atoms with Crippen molar-refractivity contribution >= 4 is 29.3 Å². The molecule has 1 aromatic rings. The lowest BCUT2D eigenvalue weighted by Crippen LogP contribution is -2.66. The standard InChI is InChI=1S/C49H75ClN2O6/c1-31(2)42-35(53)26-49(38(54)30-52(25-24-51(10)11)29-32-12-14-33(50)15-13-32)23-22-47(8)34(43(42)49)16-17-37-46(7)20-19-39(45(5,6)36(46)18-21-48(37,47)9)58-41(57)28-44(3,4)27-40(55)56/h12-15,31,34,36-39,54H,16-30H2,1-11H3,(H,55,56)/t34-,36?,37-,38-,39+,46+,47-,48-,49+/m1/s1. The number of esters is 1. The largest absolute Gasteiger partial charge is 0.481 e. The van der Waals surface area contributed by atoms with Gasteiger partial charge in [-0.3, -0.25) is 19.3 Å². The van der Waals surface area contributed by atoms with E-state index in [1.807, 2.05) is 26.0 Å². The fraction of sp³-hybridized carbons (Fsp3) is 0.776. The fourth-order valence-electron chi connectivity index (χ4n) is 14.2. The zero-order valence-corrected chi connectivity index (χ0v) is 38.4. The van der Waals surface area contributed by atoms with Crippen LogP contribution in [-0.4, -0.2) is 83.7 Å². The Morgan fingerprint density at radius 2 is 1.57 bits per heavy atom. The van der Waals surface area contributed by atoms with Crippen molar-refractivity contribution in [1.29, 1.82) is 0 Å². The van der Waals surface area contributed by atoms with Crippen LogP contribution in [0.25, 0.3) is 0 Å². The third-order valence-electron chi connectivity index (χ3n) is 17.2. The molecule has 8 nitrogen and oxygen atoms in total. The second kappa shape index (κ2) is 16.2. The fourth-order valence-corrected chi connectivity index (χ4v) is 14.3. The van der Waals surface area contributed by atoms with Crippen LogP contribution in [0.2, 0.25) is 5.02 Å². The van der Waals surface area contributed by atoms with Gasteiger partial charge in [0.25, 0.3) is 0 Å². The smallest absolute Gasteiger partial charge is 0.306 e. The number of aliphatic carboxylic acids is 1. The molecule has 324 valence electrons. The predicted octanol–water partition coefficient (Wildman–Crippen LogP) is 9.85. The number of halogens is 1. The maximum Gasteiger partial charge on any atom is 0.306 e. The molecule has 5 aliphatic carbocycles. The van der Waals surface area contributed by atoms with Crippen molar-refractivity contribution in [1.82, 2.24) is 9.80 Å². The van der Waals surface area contributed by atoms with E-state index in [1.165, 1.54) is 5.57 Å². The van der Waals surface area contributed by atoms with Gasteiger partial charge < -0.3 is 19.8 Å². The number of rotatable bonds is 14. The number of likely N-dealkylation sites (N-methyl/N-ethyl adjacent to an activating group) is 1. The zero-order chi connectivity index (χ0) is 42.8. The SMILES string of the molecule is CC(C)C1=C2[C@H]3CC[C@@H]4[C@@]5(C)CC[C@H](OC(=O)CC(C)(C)CC(=O)O)C(C)(C)C5CC[C@@]4(C)[C@]3(C)CC[C@@]2([C@H](O)CN(CCN(C)C)Cc2ccc(Cl)cc2)CC1=O. The van der Waals surface area contributed by atoms with E-state index in [0.717, 1.165) is 75.6 Å². The molecule has 6 rings (SSSR count). The lowest BCUT2D eigenvalue weighted by molar-refractivity contribution is -0.235. The van der Waals surface area contributed by atoms with Crippen LogP contribution in [0.1, 0.15) is 139 Å². The van der Waals surface area contributed by atoms with Crippen molar-refractivity contribution in [3.8, 4) is 0 Å². The molecule has 0 aliphatic heterocycles. The van der Waals surface area contributed by atoms with E-state index in [1.54, 1.807) is 0 Å². The second-order valence-corrected chi connectivity index (χ2v) is 22.7. The molecule has 9 atom stereocenters. The molecule has 5 aliphatic rings. The highest BCUT2D eigenvalue weighted by atomic mass is 35.5. The Hall–Kier alpha value is -2.26. The van der Waals surface area contributed by atoms with Crippen molar-refractivity contribution in [3.63, 3.8) is 0 Å². The number of fused-ring (bicyclic) bond motifs is 7. The van der Waals surface area contributed by atoms with Gasteiger partial charge in [0.15, 0.2) is 5.78 Å². The number of carboxylic acids is 1. The highest BCUT2D eigenvalue weighted by Gasteiger charge is 2.71. The number of allylic oxidation sites excluding steroid dienone is 1. The summed E-state index contributed by atoms with van der Waals surface area (Å²) in [7, 11) is 4.17. The molecule has 0 radical (unpaired) electrons. The molecule has 4 saturated carbocycles. The number of aliphatic hydroxyl groups excluding tert-OH is 1. The molecule has 0 saturated heterocycles. The van der Waals surface area contributed by atoms with E-state index < -0.39 is 22.9 Å². The van der Waals surface area contributed by atoms with E-state index in [4.69, 9.17) is 16.3 Å². The number of hydrogen-bond donors (Lipinski definition) is 2. The molecule has 58 heavy (non-hydrogen) atoms. The van der Waals surface area contributed by atoms with E-state index in [9.17, 15) is 24.6 Å². The predicted molar refractivity (Wildman–Crippen MR) is 231 cm³/mol. The number of hydrogen-bond acceptors (Lipinski definition) is 7. The molecule has 0 amide bonds. The Kier molecular flexibility index (Phi) is 12.7. The van der Waals surface area contributed by atoms with E-state index in [0.29, 0.717) is 36.4 Å². The Morgan fingerprint density at radius 1 is 0.897 bits per heavy atom. The topological polar surface area (TPSA) is 107 Å². The first-order valence-corrected chi connectivity index (χ1v) is 22.8. The number of ether oxygens (including phenoxy) is 1. The molecule has 2 N–H and O–H groups in total. The van der Waals surface area contributed by atoms with Gasteiger partial charge in [-0.05, 0) is 134 Å². The summed E-state index contributed by atoms with van der Waals surface area (Å²) >= 11 is 6.25. The average Bonchev–Trinajstić information content (AvgIpc) is 3.42. The molecule has 0 aromatic heterocycles. The average molecular weight is 824 g/mol. The number of benzene rings is 1. The molecular formula is C49H75ClN2O6. The summed E-state index contributed by atoms with van der Waals surface area (Å²) in [6.45, 7) is 23.2. The Balaban J connectivity index is 1.27. The van der Waals surface area contributed by atoms with Crippen LogP contribution in [-0.2, 0) is 25.7 Å². The molecule has 1 unspecified atom stereocenters. The van der Waals surface area contributed by atoms with Crippen LogP contribution in [0.15, 0.2) is 35.4 Å². The van der Waals surface area contributed by atoms with Crippen LogP contribution >= 0.6 is 11.6 Å². The van der Waals surface area contributed by atoms with Gasteiger partial charge in [0.2, 0.25) is 0 Å². The molecule has 1 aromatic carbocycles. The van der Waals surface area contributed by atoms with Crippen molar-refractivity contribution in [2.24, 2.45) is 56.2 Å². The minimum absolute atomic E-state index is 0.0235. The molecule has 0 spiro atoms. The Bertz CT molecular complexity index is 1750. The molecule has 4 fully saturated rings. The number of carboxylic acid groups (broad SMARTS) is 1. The normalized spacial score (nSPS) is 35.1. The number of carbonyl (C=O) groups is 3. The highest BCUT2D eigenvalue weighted by Crippen LogP contribution is 2.77. The van der Waals surface area contributed by atoms with Crippen molar-refractivity contribution in [3.05, 3.63) is 46.0 Å². The lowest BCUT2D eigenvalue weighted by Gasteiger charge is -2.72. The first-order chi connectivity index (χ1) is 26.9. The number of ketones is 1. The van der Waals surface area contributed by atoms with E-state index in [-0.39, 0.29) is 64.2 Å². The quantitative estimate of drug-likeness (QED) is 0.179. The summed E-state index contributed by atoms with van der Waals surface area (Å²) in [5.74, 6) is 0.272. The van der Waals surface area contributed by atoms with Gasteiger partial charge in [-0.1, -0.05) is 91.6 Å². The lowest BCUT2D eigenvalue weighted by atomic mass is 9.33. The summed E-state index contributed by atoms with van der Waals surface area (Å²) in [6, 6.07) is 8.01. The summed E-state index contributed by atoms with van der Waals surface area (Å²) in [4.78, 5) is 43.7. The number of Topliss-reactive ketones (excluding diaryl/α,β-unsaturated/α-hetero) is 1. The maximum atomic E-state index is 14.3. The minimum Gasteiger partial charge on any atom is -0.481 e. The van der Waals surface area contributed by atoms with Crippen LogP contribution in [0, 0.1) is 56.2 Å². The first-order valence-electron chi connectivity index (χ1n) is 22.4. The minimum atomic E-state index is -0.899. The summed E-state index contributed by atoms with van der Waals surface area (Å²) in [5.41, 5.74) is 2.13. The number of nitrogens with zero attached hydrogens (tertiary/aromatic N) is 2. The molecule has 0 heterocycles. The van der Waals surface area contributed by atoms with Gasteiger partial charge in [0.1, 0.15) is 6.10 Å². The Labute approximate surface area is 354 Å². The molecule has 9 heteroatoms. The number of carbonyl (C=O) groups excluding carboxylic acids is 2. The number of aliphatic hydroxyl groups is 1. The second-order valence-electron chi connectivity index (χ2n) is 22.3. The van der Waals surface area contributed by atoms with E-state index >= 15 is 0 Å². The molecular weight excluding hydrogens is 748 g/mol. The maximum absolute atomic E-state index is 14.3. The van der Waals surface area contributed by atoms with Gasteiger partial charge in [-0.25, -0.2) is 0 Å². The van der Waals surface area contributed by atoms with Crippen LogP contribution in [0.3, 0.4) is 0 Å². The van der Waals surface area contributed by atoms with Gasteiger partial charge in [0.05, 0.1) is 18.9 Å². The highest BCUT2D eigenvalue weighted by molar-refractivity contribution is 6.30. The van der Waals surface area contributed by atoms with Crippen LogP contribution in [0.5, 0.6) is 0 Å².